The van der Waals surface area contributed by atoms with E-state index in [4.69, 9.17) is 4.74 Å². The maximum atomic E-state index is 13.4. The van der Waals surface area contributed by atoms with Crippen molar-refractivity contribution in [1.29, 1.82) is 0 Å². The molecule has 11 heteroatoms. The number of nitrogens with one attached hydrogen (secondary N) is 1. The molecule has 0 saturated heterocycles. The molecule has 0 amide bonds. The van der Waals surface area contributed by atoms with Crippen LogP contribution < -0.4 is 4.72 Å². The maximum Gasteiger partial charge on any atom is 0.265 e. The van der Waals surface area contributed by atoms with Crippen LogP contribution in [0.5, 0.6) is 0 Å². The first-order valence-electron chi connectivity index (χ1n) is 12.1. The molecule has 0 spiro atoms. The summed E-state index contributed by atoms with van der Waals surface area (Å²) >= 11 is 0. The average Bonchev–Trinajstić information content (AvgIpc) is 3.42. The van der Waals surface area contributed by atoms with Gasteiger partial charge in [-0.2, -0.15) is 10.2 Å². The number of aryl methyl sites for hydroxylation is 3. The van der Waals surface area contributed by atoms with Crippen LogP contribution in [0.1, 0.15) is 23.7 Å². The lowest BCUT2D eigenvalue weighted by molar-refractivity contribution is 0.0815. The maximum absolute atomic E-state index is 13.4. The van der Waals surface area contributed by atoms with Gasteiger partial charge in [-0.3, -0.25) is 4.72 Å². The molecule has 0 aliphatic rings. The second kappa shape index (κ2) is 10.2. The highest BCUT2D eigenvalue weighted by Gasteiger charge is 2.23. The first kappa shape index (κ1) is 26.1. The van der Waals surface area contributed by atoms with E-state index in [1.165, 1.54) is 17.1 Å². The highest BCUT2D eigenvalue weighted by molar-refractivity contribution is 7.92. The van der Waals surface area contributed by atoms with Crippen molar-refractivity contribution in [2.45, 2.75) is 64.5 Å². The van der Waals surface area contributed by atoms with Gasteiger partial charge in [-0.05, 0) is 55.6 Å². The second-order valence-corrected chi connectivity index (χ2v) is 17.5. The molecular formula is C25H34N6O3SSi. The fourth-order valence-corrected chi connectivity index (χ4v) is 5.75. The topological polar surface area (TPSA) is 104 Å². The molecule has 3 heterocycles. The number of hydrogen-bond donors (Lipinski definition) is 1. The number of hydrogen-bond acceptors (Lipinski definition) is 6. The van der Waals surface area contributed by atoms with Gasteiger partial charge < -0.3 is 4.74 Å². The summed E-state index contributed by atoms with van der Waals surface area (Å²) in [5, 5.41) is 9.66. The van der Waals surface area contributed by atoms with E-state index in [1.807, 2.05) is 45.0 Å². The molecule has 1 aromatic carbocycles. The van der Waals surface area contributed by atoms with Crippen LogP contribution >= 0.6 is 0 Å². The van der Waals surface area contributed by atoms with Crippen LogP contribution in [0.25, 0.3) is 16.7 Å². The van der Waals surface area contributed by atoms with E-state index >= 15 is 0 Å². The Kier molecular flexibility index (Phi) is 7.35. The number of ether oxygens (including phenoxy) is 1. The number of nitrogens with zero attached hydrogens (tertiary/aromatic N) is 5. The SMILES string of the molecule is CCc1ccc2c(c(C)nn2COCC[Si](C)(C)C)c1NS(=O)(=O)c1cnn(-c2cc(C)ccn2)c1. The monoisotopic (exact) mass is 526 g/mol. The molecule has 0 aliphatic carbocycles. The smallest absolute Gasteiger partial charge is 0.265 e. The normalized spacial score (nSPS) is 12.4. The Labute approximate surface area is 213 Å². The highest BCUT2D eigenvalue weighted by atomic mass is 32.2. The minimum atomic E-state index is -3.90. The highest BCUT2D eigenvalue weighted by Crippen LogP contribution is 2.33. The molecule has 4 rings (SSSR count). The van der Waals surface area contributed by atoms with Gasteiger partial charge in [0.25, 0.3) is 10.0 Å². The summed E-state index contributed by atoms with van der Waals surface area (Å²) in [5.41, 5.74) is 4.01. The largest absolute Gasteiger partial charge is 0.360 e. The molecule has 0 atom stereocenters. The summed E-state index contributed by atoms with van der Waals surface area (Å²) in [4.78, 5) is 4.34. The Balaban J connectivity index is 1.64. The average molecular weight is 527 g/mol. The fraction of sp³-hybridized carbons (Fsp3) is 0.400. The molecule has 1 N–H and O–H groups in total. The Hall–Kier alpha value is -3.02. The minimum Gasteiger partial charge on any atom is -0.360 e. The lowest BCUT2D eigenvalue weighted by atomic mass is 10.1. The number of sulfonamides is 1. The van der Waals surface area contributed by atoms with Crippen LogP contribution in [0.4, 0.5) is 5.69 Å². The van der Waals surface area contributed by atoms with Gasteiger partial charge in [0.1, 0.15) is 11.6 Å². The Bertz CT molecular complexity index is 1490. The van der Waals surface area contributed by atoms with Gasteiger partial charge in [0.05, 0.1) is 29.3 Å². The third-order valence-electron chi connectivity index (χ3n) is 6.01. The zero-order valence-electron chi connectivity index (χ0n) is 21.7. The molecule has 192 valence electrons. The molecule has 4 aromatic rings. The molecule has 0 fully saturated rings. The van der Waals surface area contributed by atoms with Gasteiger partial charge >= 0.3 is 0 Å². The number of pyridine rings is 1. The van der Waals surface area contributed by atoms with E-state index in [0.717, 1.165) is 33.8 Å². The molecule has 3 aromatic heterocycles. The van der Waals surface area contributed by atoms with E-state index in [2.05, 4.69) is 39.5 Å². The predicted octanol–water partition coefficient (Wildman–Crippen LogP) is 4.91. The van der Waals surface area contributed by atoms with Crippen molar-refractivity contribution in [3.8, 4) is 5.82 Å². The summed E-state index contributed by atoms with van der Waals surface area (Å²) in [7, 11) is -5.09. The number of anilines is 1. The van der Waals surface area contributed by atoms with Crippen LogP contribution in [0, 0.1) is 13.8 Å². The lowest BCUT2D eigenvalue weighted by Crippen LogP contribution is -2.22. The van der Waals surface area contributed by atoms with Crippen molar-refractivity contribution in [2.75, 3.05) is 11.3 Å². The summed E-state index contributed by atoms with van der Waals surface area (Å²) in [6.07, 6.45) is 5.14. The molecule has 0 bridgehead atoms. The molecule has 36 heavy (non-hydrogen) atoms. The zero-order chi connectivity index (χ0) is 26.1. The standard InChI is InChI=1S/C25H34N6O3SSi/c1-7-20-8-9-22-24(19(3)28-31(22)17-34-12-13-36(4,5)6)25(20)29-35(32,33)21-15-27-30(16-21)23-14-18(2)10-11-26-23/h8-11,14-16,29H,7,12-13,17H2,1-6H3. The van der Waals surface area contributed by atoms with Gasteiger partial charge in [-0.1, -0.05) is 32.6 Å². The molecule has 0 saturated carbocycles. The second-order valence-electron chi connectivity index (χ2n) is 10.2. The van der Waals surface area contributed by atoms with Crippen molar-refractivity contribution in [3.63, 3.8) is 0 Å². The Morgan fingerprint density at radius 2 is 1.92 bits per heavy atom. The first-order chi connectivity index (χ1) is 17.0. The summed E-state index contributed by atoms with van der Waals surface area (Å²) < 4.78 is 38.8. The third kappa shape index (κ3) is 5.68. The van der Waals surface area contributed by atoms with Crippen LogP contribution in [0.15, 0.2) is 47.8 Å². The van der Waals surface area contributed by atoms with Crippen molar-refractivity contribution < 1.29 is 13.2 Å². The van der Waals surface area contributed by atoms with Crippen LogP contribution in [-0.2, 0) is 27.9 Å². The first-order valence-corrected chi connectivity index (χ1v) is 17.2. The minimum absolute atomic E-state index is 0.0598. The number of rotatable bonds is 10. The van der Waals surface area contributed by atoms with E-state index in [0.29, 0.717) is 31.3 Å². The third-order valence-corrected chi connectivity index (χ3v) is 9.02. The summed E-state index contributed by atoms with van der Waals surface area (Å²) in [6.45, 7) is 13.8. The van der Waals surface area contributed by atoms with Crippen molar-refractivity contribution in [1.82, 2.24) is 24.5 Å². The van der Waals surface area contributed by atoms with Gasteiger partial charge in [0.2, 0.25) is 0 Å². The van der Waals surface area contributed by atoms with E-state index in [9.17, 15) is 8.42 Å². The van der Waals surface area contributed by atoms with Crippen molar-refractivity contribution in [2.24, 2.45) is 0 Å². The predicted molar refractivity (Wildman–Crippen MR) is 145 cm³/mol. The lowest BCUT2D eigenvalue weighted by Gasteiger charge is -2.16. The van der Waals surface area contributed by atoms with E-state index in [1.54, 1.807) is 10.9 Å². The number of fused-ring (bicyclic) bond motifs is 1. The molecule has 0 aliphatic heterocycles. The molecule has 0 unspecified atom stereocenters. The van der Waals surface area contributed by atoms with E-state index in [-0.39, 0.29) is 4.90 Å². The van der Waals surface area contributed by atoms with Crippen LogP contribution in [0.2, 0.25) is 25.7 Å². The van der Waals surface area contributed by atoms with Crippen LogP contribution in [-0.4, -0.2) is 47.6 Å². The van der Waals surface area contributed by atoms with E-state index < -0.39 is 18.1 Å². The fourth-order valence-electron chi connectivity index (χ4n) is 3.95. The zero-order valence-corrected chi connectivity index (χ0v) is 23.6. The van der Waals surface area contributed by atoms with Crippen molar-refractivity contribution in [3.05, 3.63) is 59.7 Å². The van der Waals surface area contributed by atoms with Gasteiger partial charge in [0.15, 0.2) is 5.82 Å². The molecular weight excluding hydrogens is 492 g/mol. The quantitative estimate of drug-likeness (QED) is 0.233. The molecule has 9 nitrogen and oxygen atoms in total. The molecule has 0 radical (unpaired) electrons. The Morgan fingerprint density at radius 3 is 2.61 bits per heavy atom. The van der Waals surface area contributed by atoms with Gasteiger partial charge in [-0.15, -0.1) is 0 Å². The summed E-state index contributed by atoms with van der Waals surface area (Å²) in [6, 6.07) is 8.71. The van der Waals surface area contributed by atoms with Crippen LogP contribution in [0.3, 0.4) is 0 Å². The van der Waals surface area contributed by atoms with Gasteiger partial charge in [-0.25, -0.2) is 22.8 Å². The number of aromatic nitrogens is 5. The number of benzene rings is 1. The summed E-state index contributed by atoms with van der Waals surface area (Å²) in [5.74, 6) is 0.555. The Morgan fingerprint density at radius 1 is 1.14 bits per heavy atom. The van der Waals surface area contributed by atoms with Crippen molar-refractivity contribution >= 4 is 34.7 Å². The van der Waals surface area contributed by atoms with Gasteiger partial charge in [0, 0.05) is 26.3 Å².